The summed E-state index contributed by atoms with van der Waals surface area (Å²) in [6.07, 6.45) is 13.3. The van der Waals surface area contributed by atoms with E-state index in [-0.39, 0.29) is 97.4 Å². The molecule has 6 radical (unpaired) electrons. The Balaban J connectivity index is -0.0000000281. The predicted molar refractivity (Wildman–Crippen MR) is 126 cm³/mol. The second kappa shape index (κ2) is 40.4. The first-order chi connectivity index (χ1) is 9.91. The maximum absolute atomic E-state index is 3.91. The van der Waals surface area contributed by atoms with Crippen molar-refractivity contribution < 1.29 is 49.6 Å². The van der Waals surface area contributed by atoms with E-state index in [9.17, 15) is 0 Å². The van der Waals surface area contributed by atoms with Crippen LogP contribution in [0.25, 0.3) is 0 Å². The molecule has 0 aliphatic carbocycles. The van der Waals surface area contributed by atoms with E-state index in [1.807, 2.05) is 0 Å². The van der Waals surface area contributed by atoms with Crippen LogP contribution in [0.4, 0.5) is 0 Å². The van der Waals surface area contributed by atoms with Gasteiger partial charge in [-0.25, -0.2) is 0 Å². The van der Waals surface area contributed by atoms with Crippen LogP contribution >= 0.6 is 0 Å². The van der Waals surface area contributed by atoms with Gasteiger partial charge in [0, 0.05) is 16.1 Å². The van der Waals surface area contributed by atoms with Gasteiger partial charge in [0.25, 0.3) is 0 Å². The average Bonchev–Trinajstić information content (AvgIpc) is 2.28. The Bertz CT molecular complexity index is 179. The number of hydrogen-bond donors (Lipinski definition) is 0. The molecule has 0 saturated carbocycles. The van der Waals surface area contributed by atoms with Gasteiger partial charge in [-0.1, -0.05) is 90.9 Å². The van der Waals surface area contributed by atoms with Crippen molar-refractivity contribution in [2.75, 3.05) is 0 Å². The van der Waals surface area contributed by atoms with Crippen molar-refractivity contribution in [3.63, 3.8) is 0 Å². The topological polar surface area (TPSA) is 0 Å². The minimum Gasteiger partial charge on any atom is -1.00 e. The summed E-state index contributed by atoms with van der Waals surface area (Å²) < 4.78 is 0. The Morgan fingerprint density at radius 1 is 0.571 bits per heavy atom. The van der Waals surface area contributed by atoms with Gasteiger partial charge in [-0.05, 0) is 12.8 Å². The van der Waals surface area contributed by atoms with Gasteiger partial charge in [-0.2, -0.15) is 6.42 Å². The maximum atomic E-state index is 3.91. The summed E-state index contributed by atoms with van der Waals surface area (Å²) in [5.41, 5.74) is 0. The zero-order valence-corrected chi connectivity index (χ0v) is 30.1. The van der Waals surface area contributed by atoms with E-state index in [0.29, 0.717) is 0 Å². The number of unbranched alkanes of at least 4 members (excludes halogenated alkanes) is 9. The van der Waals surface area contributed by atoms with E-state index >= 15 is 0 Å². The number of halogens is 4. The Kier molecular flexibility index (Phi) is 83.3. The predicted octanol–water partition coefficient (Wildman–Crippen LogP) is -4.79. The van der Waals surface area contributed by atoms with Crippen LogP contribution in [0.15, 0.2) is 0 Å². The van der Waals surface area contributed by atoms with Crippen molar-refractivity contribution in [2.45, 2.75) is 103 Å². The van der Waals surface area contributed by atoms with Crippen molar-refractivity contribution >= 4 is 64.0 Å². The molecule has 0 bridgehead atoms. The minimum atomic E-state index is -0.861. The molecule has 0 nitrogen and oxygen atoms in total. The fraction of sp³-hybridized carbons (Fsp3) is 0.800. The van der Waals surface area contributed by atoms with Crippen molar-refractivity contribution in [1.82, 2.24) is 0 Å². The molecule has 0 atom stereocenters. The Morgan fingerprint density at radius 2 is 0.750 bits per heavy atom. The van der Waals surface area contributed by atoms with Gasteiger partial charge < -0.3 is 56.6 Å². The van der Waals surface area contributed by atoms with Crippen molar-refractivity contribution in [3.8, 4) is 0 Å². The van der Waals surface area contributed by atoms with Crippen LogP contribution in [0.1, 0.15) is 64.2 Å². The molecular weight excluding hydrogens is 676 g/mol. The minimum absolute atomic E-state index is 0. The third kappa shape index (κ3) is 157. The van der Waals surface area contributed by atoms with Crippen molar-refractivity contribution in [3.05, 3.63) is 26.9 Å². The summed E-state index contributed by atoms with van der Waals surface area (Å²) >= 11 is 0. The Morgan fingerprint density at radius 3 is 0.929 bits per heavy atom. The molecule has 28 heavy (non-hydrogen) atoms. The van der Waals surface area contributed by atoms with Crippen molar-refractivity contribution in [2.24, 2.45) is 0 Å². The van der Waals surface area contributed by atoms with Gasteiger partial charge in [-0.3, -0.25) is 0 Å². The van der Waals surface area contributed by atoms with Gasteiger partial charge in [0.05, 0.1) is 13.3 Å². The fourth-order valence-electron chi connectivity index (χ4n) is 1.41. The third-order valence-corrected chi connectivity index (χ3v) is 2.25. The normalized spacial score (nSPS) is 8.75. The zero-order valence-electron chi connectivity index (χ0n) is 19.4. The second-order valence-corrected chi connectivity index (χ2v) is 18.9. The molecule has 0 aliphatic heterocycles. The molecule has 0 amide bonds. The quantitative estimate of drug-likeness (QED) is 0.128. The summed E-state index contributed by atoms with van der Waals surface area (Å²) in [7, 11) is -1.72. The summed E-state index contributed by atoms with van der Waals surface area (Å²) in [5, 5.41) is 0. The van der Waals surface area contributed by atoms with Crippen molar-refractivity contribution in [1.29, 1.82) is 0 Å². The van der Waals surface area contributed by atoms with Gasteiger partial charge >= 0.3 is 47.8 Å². The van der Waals surface area contributed by atoms with Crippen LogP contribution in [0.5, 0.6) is 0 Å². The number of hydrogen-bond acceptors (Lipinski definition) is 0. The summed E-state index contributed by atoms with van der Waals surface area (Å²) in [5.74, 6) is 0. The van der Waals surface area contributed by atoms with E-state index in [0.717, 1.165) is 12.8 Å². The van der Waals surface area contributed by atoms with E-state index in [1.54, 1.807) is 0 Å². The molecule has 0 heterocycles. The van der Waals surface area contributed by atoms with E-state index < -0.39 is 16.1 Å². The van der Waals surface area contributed by atoms with Crippen LogP contribution in [0.2, 0.25) is 39.3 Å². The monoisotopic (exact) mass is 722 g/mol. The van der Waals surface area contributed by atoms with Crippen LogP contribution in [-0.2, 0) is 0 Å². The molecule has 8 heteroatoms. The van der Waals surface area contributed by atoms with E-state index in [1.165, 1.54) is 51.4 Å². The summed E-state index contributed by atoms with van der Waals surface area (Å²) in [4.78, 5) is 0. The van der Waals surface area contributed by atoms with Crippen LogP contribution in [0.3, 0.4) is 0 Å². The first kappa shape index (κ1) is 57.7. The van der Waals surface area contributed by atoms with Gasteiger partial charge in [0.15, 0.2) is 0 Å². The average molecular weight is 722 g/mol. The van der Waals surface area contributed by atoms with Crippen LogP contribution in [-0.4, -0.2) is 64.0 Å². The second-order valence-electron chi connectivity index (χ2n) is 8.66. The summed E-state index contributed by atoms with van der Waals surface area (Å²) in [6, 6.07) is 0. The molecule has 0 fully saturated rings. The molecule has 0 N–H and O–H groups in total. The molecule has 0 aliphatic rings. The summed E-state index contributed by atoms with van der Waals surface area (Å²) in [6.45, 7) is 28.8. The van der Waals surface area contributed by atoms with Gasteiger partial charge in [0.1, 0.15) is 0 Å². The zero-order chi connectivity index (χ0) is 18.1. The molecule has 0 aromatic carbocycles. The van der Waals surface area contributed by atoms with Crippen LogP contribution < -0.4 is 49.6 Å². The van der Waals surface area contributed by atoms with E-state index in [2.05, 4.69) is 66.2 Å². The van der Waals surface area contributed by atoms with E-state index in [4.69, 9.17) is 0 Å². The maximum Gasteiger partial charge on any atom is 2.00 e. The smallest absolute Gasteiger partial charge is 1.00 e. The molecule has 170 valence electrons. The Hall–Kier alpha value is 3.06. The first-order valence-corrected chi connectivity index (χ1v) is 16.6. The molecule has 0 aromatic rings. The van der Waals surface area contributed by atoms with Gasteiger partial charge in [-0.15, -0.1) is 0 Å². The largest absolute Gasteiger partial charge is 2.00 e. The molecule has 0 spiro atoms. The molecule has 0 aromatic heterocycles. The third-order valence-electron chi connectivity index (χ3n) is 2.25. The molecule has 0 saturated heterocycles. The molecular formula is C20H46Cl4Si2Sn2. The fourth-order valence-corrected chi connectivity index (χ4v) is 1.41. The standard InChI is InChI=1S/C12H24.2C4H11Si.4ClH.2Sn/c1-3-5-7-9-11-12-10-8-6-4-2;2*1-5(2,3)4;;;;;;/h1-12H2;2*1H2,2-4H3;4*1H;;/q;;;;;;;2*+2/p-4. The first-order valence-electron chi connectivity index (χ1n) is 9.21. The Labute approximate surface area is 241 Å². The van der Waals surface area contributed by atoms with Gasteiger partial charge in [0.2, 0.25) is 0 Å². The molecule has 0 unspecified atom stereocenters. The van der Waals surface area contributed by atoms with Crippen LogP contribution in [0, 0.1) is 26.9 Å². The molecule has 0 rings (SSSR count). The number of rotatable bonds is 9. The SMILES string of the molecule is [CH2+]CCCCCCCCCC[CH2-].[CH2][Si](C)(C)C.[CH2][Si](C)(C)C.[Cl-].[Cl-].[Cl-].[Cl-].[Sn+2].[Sn+2].